The zero-order valence-electron chi connectivity index (χ0n) is 10.9. The molecule has 0 saturated carbocycles. The van der Waals surface area contributed by atoms with Crippen LogP contribution in [0.5, 0.6) is 0 Å². The quantitative estimate of drug-likeness (QED) is 0.834. The van der Waals surface area contributed by atoms with Gasteiger partial charge in [0.15, 0.2) is 0 Å². The molecule has 2 rings (SSSR count). The first-order valence-electron chi connectivity index (χ1n) is 6.24. The molecule has 1 N–H and O–H groups in total. The second kappa shape index (κ2) is 6.71. The van der Waals surface area contributed by atoms with Gasteiger partial charge in [-0.05, 0) is 23.3 Å². The van der Waals surface area contributed by atoms with Crippen LogP contribution in [-0.4, -0.2) is 26.2 Å². The van der Waals surface area contributed by atoms with Crippen molar-refractivity contribution in [3.8, 4) is 11.1 Å². The molecule has 0 aliphatic carbocycles. The van der Waals surface area contributed by atoms with Crippen LogP contribution < -0.4 is 5.32 Å². The lowest BCUT2D eigenvalue weighted by molar-refractivity contribution is 0.0937. The Kier molecular flexibility index (Phi) is 4.70. The van der Waals surface area contributed by atoms with Gasteiger partial charge in [-0.1, -0.05) is 42.5 Å². The first-order chi connectivity index (χ1) is 9.31. The molecule has 0 atom stereocenters. The molecule has 0 unspecified atom stereocenters. The lowest BCUT2D eigenvalue weighted by Gasteiger charge is -2.07. The van der Waals surface area contributed by atoms with Gasteiger partial charge in [-0.15, -0.1) is 0 Å². The monoisotopic (exact) mass is 255 g/mol. The summed E-state index contributed by atoms with van der Waals surface area (Å²) in [5.74, 6) is -0.0742. The zero-order chi connectivity index (χ0) is 13.5. The van der Waals surface area contributed by atoms with E-state index >= 15 is 0 Å². The number of benzene rings is 2. The summed E-state index contributed by atoms with van der Waals surface area (Å²) < 4.78 is 4.91. The molecule has 0 aliphatic heterocycles. The highest BCUT2D eigenvalue weighted by molar-refractivity contribution is 5.95. The third-order valence-electron chi connectivity index (χ3n) is 2.82. The summed E-state index contributed by atoms with van der Waals surface area (Å²) in [4.78, 5) is 11.9. The van der Waals surface area contributed by atoms with Crippen molar-refractivity contribution in [3.63, 3.8) is 0 Å². The highest BCUT2D eigenvalue weighted by Crippen LogP contribution is 2.19. The van der Waals surface area contributed by atoms with Crippen LogP contribution in [0.1, 0.15) is 10.4 Å². The Morgan fingerprint density at radius 1 is 1.05 bits per heavy atom. The second-order valence-electron chi connectivity index (χ2n) is 4.20. The Hall–Kier alpha value is -2.13. The van der Waals surface area contributed by atoms with Gasteiger partial charge >= 0.3 is 0 Å². The largest absolute Gasteiger partial charge is 0.383 e. The minimum absolute atomic E-state index is 0.0742. The number of carbonyl (C=O) groups excluding carboxylic acids is 1. The summed E-state index contributed by atoms with van der Waals surface area (Å²) in [6, 6.07) is 17.6. The fraction of sp³-hybridized carbons (Fsp3) is 0.188. The molecule has 98 valence electrons. The van der Waals surface area contributed by atoms with Crippen molar-refractivity contribution in [3.05, 3.63) is 60.2 Å². The molecular formula is C16H17NO2. The number of amides is 1. The van der Waals surface area contributed by atoms with E-state index in [9.17, 15) is 4.79 Å². The molecule has 0 bridgehead atoms. The summed E-state index contributed by atoms with van der Waals surface area (Å²) in [6.07, 6.45) is 0. The molecular weight excluding hydrogens is 238 g/mol. The molecule has 0 radical (unpaired) electrons. The van der Waals surface area contributed by atoms with Crippen LogP contribution in [0, 0.1) is 0 Å². The van der Waals surface area contributed by atoms with Gasteiger partial charge in [0, 0.05) is 19.2 Å². The summed E-state index contributed by atoms with van der Waals surface area (Å²) in [7, 11) is 1.61. The SMILES string of the molecule is COCCNC(=O)c1cccc(-c2ccccc2)c1. The highest BCUT2D eigenvalue weighted by atomic mass is 16.5. The van der Waals surface area contributed by atoms with Crippen LogP contribution in [0.4, 0.5) is 0 Å². The lowest BCUT2D eigenvalue weighted by Crippen LogP contribution is -2.26. The molecule has 3 nitrogen and oxygen atoms in total. The third-order valence-corrected chi connectivity index (χ3v) is 2.82. The van der Waals surface area contributed by atoms with Gasteiger partial charge < -0.3 is 10.1 Å². The van der Waals surface area contributed by atoms with Gasteiger partial charge in [-0.2, -0.15) is 0 Å². The number of rotatable bonds is 5. The molecule has 1 amide bonds. The van der Waals surface area contributed by atoms with Crippen LogP contribution >= 0.6 is 0 Å². The van der Waals surface area contributed by atoms with Crippen molar-refractivity contribution in [2.24, 2.45) is 0 Å². The Morgan fingerprint density at radius 2 is 1.79 bits per heavy atom. The molecule has 0 heterocycles. The topological polar surface area (TPSA) is 38.3 Å². The van der Waals surface area contributed by atoms with Gasteiger partial charge in [-0.3, -0.25) is 4.79 Å². The van der Waals surface area contributed by atoms with E-state index < -0.39 is 0 Å². The van der Waals surface area contributed by atoms with E-state index in [4.69, 9.17) is 4.74 Å². The third kappa shape index (κ3) is 3.66. The number of ether oxygens (including phenoxy) is 1. The molecule has 0 aromatic heterocycles. The van der Waals surface area contributed by atoms with E-state index in [1.165, 1.54) is 0 Å². The van der Waals surface area contributed by atoms with E-state index in [-0.39, 0.29) is 5.91 Å². The second-order valence-corrected chi connectivity index (χ2v) is 4.20. The van der Waals surface area contributed by atoms with Crippen molar-refractivity contribution in [1.29, 1.82) is 0 Å². The lowest BCUT2D eigenvalue weighted by atomic mass is 10.0. The number of nitrogens with one attached hydrogen (secondary N) is 1. The van der Waals surface area contributed by atoms with Crippen LogP contribution in [0.3, 0.4) is 0 Å². The minimum atomic E-state index is -0.0742. The Balaban J connectivity index is 2.13. The molecule has 0 saturated heterocycles. The van der Waals surface area contributed by atoms with Gasteiger partial charge in [0.2, 0.25) is 0 Å². The number of hydrogen-bond acceptors (Lipinski definition) is 2. The van der Waals surface area contributed by atoms with E-state index in [1.54, 1.807) is 7.11 Å². The van der Waals surface area contributed by atoms with Crippen molar-refractivity contribution >= 4 is 5.91 Å². The maximum absolute atomic E-state index is 11.9. The Labute approximate surface area is 113 Å². The van der Waals surface area contributed by atoms with E-state index in [2.05, 4.69) is 5.32 Å². The molecule has 3 heteroatoms. The van der Waals surface area contributed by atoms with Gasteiger partial charge in [0.1, 0.15) is 0 Å². The Morgan fingerprint density at radius 3 is 2.53 bits per heavy atom. The predicted molar refractivity (Wildman–Crippen MR) is 76.1 cm³/mol. The maximum atomic E-state index is 11.9. The first-order valence-corrected chi connectivity index (χ1v) is 6.24. The van der Waals surface area contributed by atoms with Gasteiger partial charge in [0.25, 0.3) is 5.91 Å². The normalized spacial score (nSPS) is 10.2. The van der Waals surface area contributed by atoms with E-state index in [0.717, 1.165) is 11.1 Å². The number of carbonyl (C=O) groups is 1. The van der Waals surface area contributed by atoms with Crippen LogP contribution in [0.25, 0.3) is 11.1 Å². The molecule has 0 fully saturated rings. The molecule has 2 aromatic carbocycles. The highest BCUT2D eigenvalue weighted by Gasteiger charge is 2.06. The minimum Gasteiger partial charge on any atom is -0.383 e. The fourth-order valence-corrected chi connectivity index (χ4v) is 1.84. The standard InChI is InChI=1S/C16H17NO2/c1-19-11-10-17-16(18)15-9-5-8-14(12-15)13-6-3-2-4-7-13/h2-9,12H,10-11H2,1H3,(H,17,18). The van der Waals surface area contributed by atoms with Crippen molar-refractivity contribution in [2.75, 3.05) is 20.3 Å². The molecule has 19 heavy (non-hydrogen) atoms. The maximum Gasteiger partial charge on any atom is 0.251 e. The van der Waals surface area contributed by atoms with E-state index in [1.807, 2.05) is 54.6 Å². The van der Waals surface area contributed by atoms with Gasteiger partial charge in [-0.25, -0.2) is 0 Å². The number of hydrogen-bond donors (Lipinski definition) is 1. The number of methoxy groups -OCH3 is 1. The Bertz CT molecular complexity index is 537. The average Bonchev–Trinajstić information content (AvgIpc) is 2.48. The summed E-state index contributed by atoms with van der Waals surface area (Å²) in [6.45, 7) is 1.04. The molecule has 0 aliphatic rings. The van der Waals surface area contributed by atoms with E-state index in [0.29, 0.717) is 18.7 Å². The summed E-state index contributed by atoms with van der Waals surface area (Å²) >= 11 is 0. The first kappa shape index (κ1) is 13.3. The van der Waals surface area contributed by atoms with Crippen molar-refractivity contribution in [2.45, 2.75) is 0 Å². The van der Waals surface area contributed by atoms with Crippen molar-refractivity contribution in [1.82, 2.24) is 5.32 Å². The predicted octanol–water partition coefficient (Wildman–Crippen LogP) is 2.73. The summed E-state index contributed by atoms with van der Waals surface area (Å²) in [5.41, 5.74) is 2.81. The van der Waals surface area contributed by atoms with Crippen molar-refractivity contribution < 1.29 is 9.53 Å². The zero-order valence-corrected chi connectivity index (χ0v) is 10.9. The van der Waals surface area contributed by atoms with Crippen LogP contribution in [0.15, 0.2) is 54.6 Å². The van der Waals surface area contributed by atoms with Gasteiger partial charge in [0.05, 0.1) is 6.61 Å². The average molecular weight is 255 g/mol. The fourth-order valence-electron chi connectivity index (χ4n) is 1.84. The molecule has 2 aromatic rings. The summed E-state index contributed by atoms with van der Waals surface area (Å²) in [5, 5.41) is 2.81. The van der Waals surface area contributed by atoms with Crippen LogP contribution in [-0.2, 0) is 4.74 Å². The molecule has 0 spiro atoms. The van der Waals surface area contributed by atoms with Crippen LogP contribution in [0.2, 0.25) is 0 Å². The smallest absolute Gasteiger partial charge is 0.251 e.